The molecule has 1 saturated carbocycles. The molecule has 0 atom stereocenters. The summed E-state index contributed by atoms with van der Waals surface area (Å²) < 4.78 is 36.6. The minimum atomic E-state index is -0.652. The third kappa shape index (κ3) is 4.71. The van der Waals surface area contributed by atoms with E-state index >= 15 is 0 Å². The molecule has 4 aromatic rings. The van der Waals surface area contributed by atoms with Gasteiger partial charge in [-0.05, 0) is 45.7 Å². The van der Waals surface area contributed by atoms with Gasteiger partial charge in [-0.1, -0.05) is 0 Å². The van der Waals surface area contributed by atoms with Gasteiger partial charge >= 0.3 is 0 Å². The molecular formula is C26H26F2N6O. The van der Waals surface area contributed by atoms with Gasteiger partial charge in [0.25, 0.3) is 0 Å². The Hall–Kier alpha value is -3.88. The van der Waals surface area contributed by atoms with Crippen molar-refractivity contribution in [2.75, 3.05) is 11.9 Å². The highest BCUT2D eigenvalue weighted by molar-refractivity contribution is 5.63. The average Bonchev–Trinajstić information content (AvgIpc) is 3.62. The molecule has 0 aliphatic heterocycles. The Balaban J connectivity index is 1.52. The van der Waals surface area contributed by atoms with E-state index in [1.165, 1.54) is 12.1 Å². The number of pyridine rings is 1. The molecule has 1 aliphatic carbocycles. The zero-order valence-electron chi connectivity index (χ0n) is 19.8. The van der Waals surface area contributed by atoms with Crippen molar-refractivity contribution in [2.24, 2.45) is 0 Å². The van der Waals surface area contributed by atoms with Crippen LogP contribution in [0.1, 0.15) is 48.1 Å². The lowest BCUT2D eigenvalue weighted by Crippen LogP contribution is -2.10. The van der Waals surface area contributed by atoms with Gasteiger partial charge in [0.1, 0.15) is 28.9 Å². The van der Waals surface area contributed by atoms with Crippen LogP contribution in [0.3, 0.4) is 0 Å². The normalized spacial score (nSPS) is 13.2. The van der Waals surface area contributed by atoms with Gasteiger partial charge in [-0.3, -0.25) is 9.67 Å². The van der Waals surface area contributed by atoms with E-state index in [-0.39, 0.29) is 17.9 Å². The first kappa shape index (κ1) is 22.9. The molecule has 180 valence electrons. The number of aryl methyl sites for hydroxylation is 1. The number of ether oxygens (including phenoxy) is 1. The summed E-state index contributed by atoms with van der Waals surface area (Å²) in [7, 11) is 0. The van der Waals surface area contributed by atoms with Gasteiger partial charge < -0.3 is 10.1 Å². The summed E-state index contributed by atoms with van der Waals surface area (Å²) >= 11 is 0. The number of nitrogens with zero attached hydrogens (tertiary/aromatic N) is 5. The first-order chi connectivity index (χ1) is 16.9. The molecule has 0 unspecified atom stereocenters. The quantitative estimate of drug-likeness (QED) is 0.352. The fraction of sp³-hybridized carbons (Fsp3) is 0.308. The summed E-state index contributed by atoms with van der Waals surface area (Å²) in [5, 5.41) is 8.04. The van der Waals surface area contributed by atoms with Crippen LogP contribution in [0.15, 0.2) is 42.9 Å². The molecule has 0 spiro atoms. The van der Waals surface area contributed by atoms with Crippen molar-refractivity contribution in [3.8, 4) is 17.3 Å². The number of rotatable bonds is 8. The fourth-order valence-electron chi connectivity index (χ4n) is 4.16. The molecule has 3 aromatic heterocycles. The molecule has 0 bridgehead atoms. The number of benzene rings is 1. The van der Waals surface area contributed by atoms with Gasteiger partial charge in [0, 0.05) is 64.7 Å². The predicted octanol–water partition coefficient (Wildman–Crippen LogP) is 5.70. The zero-order valence-corrected chi connectivity index (χ0v) is 19.8. The highest BCUT2D eigenvalue weighted by Crippen LogP contribution is 2.44. The van der Waals surface area contributed by atoms with E-state index in [1.807, 2.05) is 26.0 Å². The third-order valence-electron chi connectivity index (χ3n) is 6.06. The van der Waals surface area contributed by atoms with Crippen molar-refractivity contribution in [3.05, 3.63) is 76.9 Å². The van der Waals surface area contributed by atoms with Gasteiger partial charge in [-0.25, -0.2) is 18.7 Å². The van der Waals surface area contributed by atoms with Crippen molar-refractivity contribution >= 4 is 11.5 Å². The van der Waals surface area contributed by atoms with Crippen LogP contribution in [-0.2, 0) is 6.54 Å². The van der Waals surface area contributed by atoms with Crippen LogP contribution < -0.4 is 10.1 Å². The van der Waals surface area contributed by atoms with Crippen molar-refractivity contribution in [3.63, 3.8) is 0 Å². The van der Waals surface area contributed by atoms with Crippen molar-refractivity contribution in [2.45, 2.75) is 46.1 Å². The maximum absolute atomic E-state index is 14.8. The summed E-state index contributed by atoms with van der Waals surface area (Å²) in [5.41, 5.74) is 4.20. The summed E-state index contributed by atoms with van der Waals surface area (Å²) in [6.07, 6.45) is 7.18. The molecule has 1 N–H and O–H groups in total. The predicted molar refractivity (Wildman–Crippen MR) is 129 cm³/mol. The van der Waals surface area contributed by atoms with Gasteiger partial charge in [-0.15, -0.1) is 0 Å². The van der Waals surface area contributed by atoms with E-state index in [4.69, 9.17) is 14.8 Å². The molecular weight excluding hydrogens is 450 g/mol. The van der Waals surface area contributed by atoms with Crippen LogP contribution >= 0.6 is 0 Å². The zero-order chi connectivity index (χ0) is 24.5. The number of anilines is 2. The fourth-order valence-corrected chi connectivity index (χ4v) is 4.16. The third-order valence-corrected chi connectivity index (χ3v) is 6.06. The summed E-state index contributed by atoms with van der Waals surface area (Å²) in [4.78, 5) is 13.3. The SMILES string of the molecule is CCOc1cc(F)c(Cn2nc(-c3ncc(C)c(Nc4ccncc4)n3)c(C)c2C2CC2)c(F)c1. The van der Waals surface area contributed by atoms with Crippen molar-refractivity contribution in [1.82, 2.24) is 24.7 Å². The Morgan fingerprint density at radius 1 is 1.11 bits per heavy atom. The molecule has 0 radical (unpaired) electrons. The number of nitrogens with one attached hydrogen (secondary N) is 1. The maximum atomic E-state index is 14.8. The summed E-state index contributed by atoms with van der Waals surface area (Å²) in [5.74, 6) is 0.295. The van der Waals surface area contributed by atoms with Crippen molar-refractivity contribution < 1.29 is 13.5 Å². The molecule has 1 aromatic carbocycles. The van der Waals surface area contributed by atoms with Crippen LogP contribution in [0.4, 0.5) is 20.3 Å². The van der Waals surface area contributed by atoms with E-state index in [0.717, 1.165) is 35.3 Å². The highest BCUT2D eigenvalue weighted by atomic mass is 19.1. The summed E-state index contributed by atoms with van der Waals surface area (Å²) in [6, 6.07) is 6.14. The van der Waals surface area contributed by atoms with Gasteiger partial charge in [0.15, 0.2) is 5.82 Å². The minimum absolute atomic E-state index is 0.0231. The van der Waals surface area contributed by atoms with Crippen molar-refractivity contribution in [1.29, 1.82) is 0 Å². The standard InChI is InChI=1S/C26H26F2N6O/c1-4-35-19-11-21(27)20(22(28)12-19)14-34-24(17-5-6-17)16(3)23(33-34)26-30-13-15(2)25(32-26)31-18-7-9-29-10-8-18/h7-13,17H,4-6,14H2,1-3H3,(H,29,30,31,32). The molecule has 35 heavy (non-hydrogen) atoms. The van der Waals surface area contributed by atoms with Crippen LogP contribution in [0.25, 0.3) is 11.5 Å². The van der Waals surface area contributed by atoms with Gasteiger partial charge in [-0.2, -0.15) is 5.10 Å². The van der Waals surface area contributed by atoms with E-state index in [2.05, 4.69) is 15.3 Å². The number of halogens is 2. The lowest BCUT2D eigenvalue weighted by Gasteiger charge is -2.11. The molecule has 0 saturated heterocycles. The molecule has 0 amide bonds. The first-order valence-corrected chi connectivity index (χ1v) is 11.6. The van der Waals surface area contributed by atoms with E-state index in [0.29, 0.717) is 29.9 Å². The first-order valence-electron chi connectivity index (χ1n) is 11.6. The Morgan fingerprint density at radius 3 is 2.49 bits per heavy atom. The Kier molecular flexibility index (Phi) is 6.15. The average molecular weight is 477 g/mol. The number of aromatic nitrogens is 5. The molecule has 1 fully saturated rings. The van der Waals surface area contributed by atoms with E-state index in [9.17, 15) is 8.78 Å². The Morgan fingerprint density at radius 2 is 1.83 bits per heavy atom. The molecule has 3 heterocycles. The smallest absolute Gasteiger partial charge is 0.182 e. The molecule has 9 heteroatoms. The van der Waals surface area contributed by atoms with Crippen LogP contribution in [0.2, 0.25) is 0 Å². The monoisotopic (exact) mass is 476 g/mol. The molecule has 7 nitrogen and oxygen atoms in total. The second-order valence-corrected chi connectivity index (χ2v) is 8.68. The van der Waals surface area contributed by atoms with Crippen LogP contribution in [0, 0.1) is 25.5 Å². The van der Waals surface area contributed by atoms with Crippen LogP contribution in [-0.4, -0.2) is 31.3 Å². The second-order valence-electron chi connectivity index (χ2n) is 8.68. The second kappa shape index (κ2) is 9.40. The topological polar surface area (TPSA) is 77.8 Å². The lowest BCUT2D eigenvalue weighted by molar-refractivity contribution is 0.335. The highest BCUT2D eigenvalue weighted by Gasteiger charge is 2.32. The largest absolute Gasteiger partial charge is 0.494 e. The van der Waals surface area contributed by atoms with Gasteiger partial charge in [0.2, 0.25) is 0 Å². The molecule has 5 rings (SSSR count). The maximum Gasteiger partial charge on any atom is 0.182 e. The van der Waals surface area contributed by atoms with Gasteiger partial charge in [0.05, 0.1) is 13.2 Å². The lowest BCUT2D eigenvalue weighted by atomic mass is 10.1. The van der Waals surface area contributed by atoms with Crippen LogP contribution in [0.5, 0.6) is 5.75 Å². The summed E-state index contributed by atoms with van der Waals surface area (Å²) in [6.45, 7) is 5.97. The molecule has 1 aliphatic rings. The van der Waals surface area contributed by atoms with E-state index in [1.54, 1.807) is 30.2 Å². The minimum Gasteiger partial charge on any atom is -0.494 e. The Labute approximate surface area is 202 Å². The Bertz CT molecular complexity index is 1350. The number of hydrogen-bond acceptors (Lipinski definition) is 6. The number of hydrogen-bond donors (Lipinski definition) is 1. The van der Waals surface area contributed by atoms with E-state index < -0.39 is 11.6 Å².